The molecule has 0 atom stereocenters. The molecular formula is C12H12ClNO3. The molecule has 0 spiro atoms. The summed E-state index contributed by atoms with van der Waals surface area (Å²) in [4.78, 5) is 10.3. The van der Waals surface area contributed by atoms with Gasteiger partial charge < -0.3 is 4.74 Å². The lowest BCUT2D eigenvalue weighted by atomic mass is 10.2. The van der Waals surface area contributed by atoms with Crippen molar-refractivity contribution in [2.45, 2.75) is 6.92 Å². The lowest BCUT2D eigenvalue weighted by molar-refractivity contribution is -0.385. The molecule has 17 heavy (non-hydrogen) atoms. The summed E-state index contributed by atoms with van der Waals surface area (Å²) in [6.07, 6.45) is 6.56. The maximum absolute atomic E-state index is 10.8. The summed E-state index contributed by atoms with van der Waals surface area (Å²) in [5.74, 6) is 0. The van der Waals surface area contributed by atoms with Gasteiger partial charge in [-0.3, -0.25) is 10.1 Å². The maximum atomic E-state index is 10.8. The zero-order valence-corrected chi connectivity index (χ0v) is 10.1. The van der Waals surface area contributed by atoms with E-state index in [9.17, 15) is 10.1 Å². The van der Waals surface area contributed by atoms with Crippen LogP contribution in [0.5, 0.6) is 0 Å². The molecular weight excluding hydrogens is 242 g/mol. The van der Waals surface area contributed by atoms with Gasteiger partial charge in [0.1, 0.15) is 6.61 Å². The molecule has 0 saturated carbocycles. The normalized spacial score (nSPS) is 11.2. The zero-order chi connectivity index (χ0) is 12.7. The average Bonchev–Trinajstić information content (AvgIpc) is 2.30. The predicted molar refractivity (Wildman–Crippen MR) is 67.9 cm³/mol. The zero-order valence-electron chi connectivity index (χ0n) is 9.30. The van der Waals surface area contributed by atoms with Crippen molar-refractivity contribution in [3.63, 3.8) is 0 Å². The van der Waals surface area contributed by atoms with Gasteiger partial charge in [-0.25, -0.2) is 0 Å². The number of nitro benzene ring substituents is 1. The molecule has 0 aliphatic heterocycles. The molecule has 5 heteroatoms. The quantitative estimate of drug-likeness (QED) is 0.264. The van der Waals surface area contributed by atoms with Crippen molar-refractivity contribution >= 4 is 23.4 Å². The Bertz CT molecular complexity index is 455. The van der Waals surface area contributed by atoms with E-state index < -0.39 is 4.92 Å². The van der Waals surface area contributed by atoms with E-state index in [2.05, 4.69) is 0 Å². The molecule has 0 aliphatic rings. The van der Waals surface area contributed by atoms with E-state index in [0.717, 1.165) is 0 Å². The number of rotatable bonds is 5. The summed E-state index contributed by atoms with van der Waals surface area (Å²) >= 11 is 5.89. The van der Waals surface area contributed by atoms with Gasteiger partial charge in [0.15, 0.2) is 0 Å². The lowest BCUT2D eigenvalue weighted by Crippen LogP contribution is -1.92. The topological polar surface area (TPSA) is 52.4 Å². The van der Waals surface area contributed by atoms with Crippen LogP contribution in [-0.4, -0.2) is 11.5 Å². The number of ether oxygens (including phenoxy) is 1. The van der Waals surface area contributed by atoms with Gasteiger partial charge in [-0.15, -0.1) is 0 Å². The van der Waals surface area contributed by atoms with Crippen LogP contribution < -0.4 is 0 Å². The summed E-state index contributed by atoms with van der Waals surface area (Å²) in [6, 6.07) is 4.54. The Morgan fingerprint density at radius 3 is 2.94 bits per heavy atom. The highest BCUT2D eigenvalue weighted by atomic mass is 35.5. The molecule has 0 saturated heterocycles. The Labute approximate surface area is 104 Å². The first-order valence-corrected chi connectivity index (χ1v) is 5.37. The van der Waals surface area contributed by atoms with E-state index in [1.54, 1.807) is 12.1 Å². The second kappa shape index (κ2) is 6.70. The van der Waals surface area contributed by atoms with Crippen molar-refractivity contribution in [1.29, 1.82) is 0 Å². The van der Waals surface area contributed by atoms with Crippen molar-refractivity contribution in [1.82, 2.24) is 0 Å². The molecule has 0 aromatic heterocycles. The van der Waals surface area contributed by atoms with Crippen LogP contribution in [0.3, 0.4) is 0 Å². The molecule has 0 fully saturated rings. The summed E-state index contributed by atoms with van der Waals surface area (Å²) < 4.78 is 5.12. The van der Waals surface area contributed by atoms with Crippen LogP contribution in [0.25, 0.3) is 6.08 Å². The van der Waals surface area contributed by atoms with Crippen LogP contribution >= 0.6 is 11.6 Å². The van der Waals surface area contributed by atoms with E-state index in [4.69, 9.17) is 16.3 Å². The van der Waals surface area contributed by atoms with Crippen LogP contribution in [0.1, 0.15) is 12.5 Å². The molecule has 1 aromatic rings. The summed E-state index contributed by atoms with van der Waals surface area (Å²) in [6.45, 7) is 2.30. The molecule has 0 unspecified atom stereocenters. The summed E-state index contributed by atoms with van der Waals surface area (Å²) in [7, 11) is 0. The predicted octanol–water partition coefficient (Wildman–Crippen LogP) is 3.81. The molecule has 0 aliphatic carbocycles. The van der Waals surface area contributed by atoms with Crippen molar-refractivity contribution in [2.75, 3.05) is 6.61 Å². The number of hydrogen-bond acceptors (Lipinski definition) is 3. The third-order valence-corrected chi connectivity index (χ3v) is 2.32. The van der Waals surface area contributed by atoms with Crippen molar-refractivity contribution in [3.05, 3.63) is 57.3 Å². The van der Waals surface area contributed by atoms with Gasteiger partial charge in [0.25, 0.3) is 5.69 Å². The SMILES string of the molecule is C/C=C/CO/C=C/c1c(Cl)cccc1[N+](=O)[O-]. The van der Waals surface area contributed by atoms with Crippen LogP contribution in [0, 0.1) is 10.1 Å². The smallest absolute Gasteiger partial charge is 0.278 e. The van der Waals surface area contributed by atoms with E-state index in [1.165, 1.54) is 18.4 Å². The molecule has 0 amide bonds. The molecule has 1 aromatic carbocycles. The van der Waals surface area contributed by atoms with Gasteiger partial charge >= 0.3 is 0 Å². The van der Waals surface area contributed by atoms with Crippen LogP contribution in [0.15, 0.2) is 36.6 Å². The monoisotopic (exact) mass is 253 g/mol. The van der Waals surface area contributed by atoms with Gasteiger partial charge in [-0.2, -0.15) is 0 Å². The second-order valence-electron chi connectivity index (χ2n) is 3.13. The van der Waals surface area contributed by atoms with Crippen LogP contribution in [0.4, 0.5) is 5.69 Å². The third kappa shape index (κ3) is 3.92. The fraction of sp³-hybridized carbons (Fsp3) is 0.167. The van der Waals surface area contributed by atoms with Gasteiger partial charge in [-0.1, -0.05) is 29.8 Å². The minimum absolute atomic E-state index is 0.0385. The minimum atomic E-state index is -0.475. The highest BCUT2D eigenvalue weighted by molar-refractivity contribution is 6.32. The number of halogens is 1. The van der Waals surface area contributed by atoms with E-state index in [0.29, 0.717) is 17.2 Å². The Morgan fingerprint density at radius 2 is 2.29 bits per heavy atom. The Kier molecular flexibility index (Phi) is 5.23. The highest BCUT2D eigenvalue weighted by Gasteiger charge is 2.13. The third-order valence-electron chi connectivity index (χ3n) is 1.99. The molecule has 0 N–H and O–H groups in total. The fourth-order valence-corrected chi connectivity index (χ4v) is 1.41. The second-order valence-corrected chi connectivity index (χ2v) is 3.54. The summed E-state index contributed by atoms with van der Waals surface area (Å²) in [5.41, 5.74) is 0.308. The Morgan fingerprint density at radius 1 is 1.53 bits per heavy atom. The van der Waals surface area contributed by atoms with Gasteiger partial charge in [0.05, 0.1) is 21.8 Å². The Balaban J connectivity index is 2.85. The number of nitrogens with zero attached hydrogens (tertiary/aromatic N) is 1. The first-order chi connectivity index (χ1) is 8.16. The highest BCUT2D eigenvalue weighted by Crippen LogP contribution is 2.27. The Hall–Kier alpha value is -1.81. The average molecular weight is 254 g/mol. The molecule has 4 nitrogen and oxygen atoms in total. The molecule has 0 radical (unpaired) electrons. The van der Waals surface area contributed by atoms with Crippen molar-refractivity contribution in [3.8, 4) is 0 Å². The standard InChI is InChI=1S/C12H12ClNO3/c1-2-3-8-17-9-7-10-11(13)5-4-6-12(10)14(15)16/h2-7,9H,8H2,1H3/b3-2+,9-7+. The number of nitro groups is 1. The van der Waals surface area contributed by atoms with Crippen LogP contribution in [0.2, 0.25) is 5.02 Å². The van der Waals surface area contributed by atoms with E-state index >= 15 is 0 Å². The fourth-order valence-electron chi connectivity index (χ4n) is 1.17. The molecule has 0 heterocycles. The van der Waals surface area contributed by atoms with Crippen molar-refractivity contribution in [2.24, 2.45) is 0 Å². The number of benzene rings is 1. The number of allylic oxidation sites excluding steroid dienone is 1. The van der Waals surface area contributed by atoms with Crippen molar-refractivity contribution < 1.29 is 9.66 Å². The van der Waals surface area contributed by atoms with Gasteiger partial charge in [0.2, 0.25) is 0 Å². The van der Waals surface area contributed by atoms with Crippen LogP contribution in [-0.2, 0) is 4.74 Å². The van der Waals surface area contributed by atoms with Gasteiger partial charge in [-0.05, 0) is 19.1 Å². The first kappa shape index (κ1) is 13.3. The maximum Gasteiger partial charge on any atom is 0.278 e. The minimum Gasteiger partial charge on any atom is -0.497 e. The van der Waals surface area contributed by atoms with Gasteiger partial charge in [0, 0.05) is 6.07 Å². The lowest BCUT2D eigenvalue weighted by Gasteiger charge is -2.00. The first-order valence-electron chi connectivity index (χ1n) is 4.99. The largest absolute Gasteiger partial charge is 0.497 e. The van der Waals surface area contributed by atoms with E-state index in [1.807, 2.05) is 19.1 Å². The van der Waals surface area contributed by atoms with E-state index in [-0.39, 0.29) is 5.69 Å². The number of hydrogen-bond donors (Lipinski definition) is 0. The molecule has 1 rings (SSSR count). The molecule has 0 bridgehead atoms. The summed E-state index contributed by atoms with van der Waals surface area (Å²) in [5, 5.41) is 11.1. The molecule has 90 valence electrons.